The zero-order valence-electron chi connectivity index (χ0n) is 24.4. The molecule has 0 amide bonds. The van der Waals surface area contributed by atoms with Gasteiger partial charge in [-0.1, -0.05) is 6.07 Å². The number of esters is 7. The van der Waals surface area contributed by atoms with Crippen molar-refractivity contribution in [3.05, 3.63) is 29.3 Å². The fourth-order valence-electron chi connectivity index (χ4n) is 3.07. The van der Waals surface area contributed by atoms with E-state index < -0.39 is 41.8 Å². The monoisotopic (exact) mass is 590 g/mol. The van der Waals surface area contributed by atoms with Gasteiger partial charge in [-0.2, -0.15) is 0 Å². The first kappa shape index (κ1) is 34.8. The Morgan fingerprint density at radius 1 is 0.405 bits per heavy atom. The highest BCUT2D eigenvalue weighted by Crippen LogP contribution is 2.45. The summed E-state index contributed by atoms with van der Waals surface area (Å²) in [7, 11) is 0. The second-order valence-corrected chi connectivity index (χ2v) is 8.35. The van der Waals surface area contributed by atoms with E-state index in [0.717, 1.165) is 20.8 Å². The first-order valence-electron chi connectivity index (χ1n) is 12.0. The van der Waals surface area contributed by atoms with E-state index in [-0.39, 0.29) is 45.8 Å². The van der Waals surface area contributed by atoms with Gasteiger partial charge in [-0.3, -0.25) is 33.6 Å². The number of aryl methyl sites for hydroxylation is 1. The maximum Gasteiger partial charge on any atom is 0.308 e. The Morgan fingerprint density at radius 3 is 1.17 bits per heavy atom. The Hall–Kier alpha value is -5.27. The summed E-state index contributed by atoms with van der Waals surface area (Å²) in [5.41, 5.74) is 0.796. The van der Waals surface area contributed by atoms with E-state index in [1.165, 1.54) is 46.8 Å². The summed E-state index contributed by atoms with van der Waals surface area (Å²) in [6.45, 7) is 11.4. The molecule has 2 rings (SSSR count). The number of rotatable bonds is 7. The molecule has 42 heavy (non-hydrogen) atoms. The van der Waals surface area contributed by atoms with Crippen LogP contribution in [-0.4, -0.2) is 41.8 Å². The molecular weight excluding hydrogens is 560 g/mol. The zero-order chi connectivity index (χ0) is 32.3. The molecule has 2 aromatic rings. The molecular formula is C28H30O14. The lowest BCUT2D eigenvalue weighted by molar-refractivity contribution is -0.135. The van der Waals surface area contributed by atoms with Gasteiger partial charge in [-0.05, 0) is 25.5 Å². The average molecular weight is 591 g/mol. The van der Waals surface area contributed by atoms with Crippen LogP contribution in [0.2, 0.25) is 0 Å². The molecule has 0 fully saturated rings. The minimum atomic E-state index is -0.716. The van der Waals surface area contributed by atoms with Crippen molar-refractivity contribution in [3.63, 3.8) is 0 Å². The minimum Gasteiger partial charge on any atom is -0.426 e. The number of hydrogen-bond acceptors (Lipinski definition) is 14. The highest BCUT2D eigenvalue weighted by Gasteiger charge is 2.25. The third kappa shape index (κ3) is 11.1. The van der Waals surface area contributed by atoms with Crippen molar-refractivity contribution < 1.29 is 66.7 Å². The molecule has 0 N–H and O–H groups in total. The molecule has 14 heteroatoms. The van der Waals surface area contributed by atoms with Gasteiger partial charge in [0.1, 0.15) is 5.75 Å². The Bertz CT molecular complexity index is 1420. The summed E-state index contributed by atoms with van der Waals surface area (Å²) in [5.74, 6) is -5.17. The Balaban J connectivity index is 0.000000428. The Morgan fingerprint density at radius 2 is 0.738 bits per heavy atom. The average Bonchev–Trinajstić information content (AvgIpc) is 2.82. The molecule has 0 unspecified atom stereocenters. The van der Waals surface area contributed by atoms with Gasteiger partial charge in [0, 0.05) is 60.1 Å². The molecule has 0 bridgehead atoms. The largest absolute Gasteiger partial charge is 0.426 e. The molecule has 0 atom stereocenters. The van der Waals surface area contributed by atoms with E-state index >= 15 is 0 Å². The molecule has 0 aliphatic carbocycles. The third-order valence-electron chi connectivity index (χ3n) is 4.42. The van der Waals surface area contributed by atoms with Gasteiger partial charge in [-0.25, -0.2) is 0 Å². The van der Waals surface area contributed by atoms with Crippen LogP contribution in [0.1, 0.15) is 59.6 Å². The highest BCUT2D eigenvalue weighted by molar-refractivity contribution is 5.81. The van der Waals surface area contributed by atoms with Gasteiger partial charge in [0.05, 0.1) is 0 Å². The van der Waals surface area contributed by atoms with Crippen molar-refractivity contribution in [1.82, 2.24) is 0 Å². The molecule has 2 aromatic carbocycles. The predicted octanol–water partition coefficient (Wildman–Crippen LogP) is 3.47. The van der Waals surface area contributed by atoms with Crippen LogP contribution in [0.4, 0.5) is 0 Å². The minimum absolute atomic E-state index is 0.000835. The standard InChI is InChI=1S/C15H16O8.C13H14O6/c1-7-12(20-8(2)16)6-13(21-9(3)17)15(23-11(5)19)14(7)22-10(4)18;1-7-5-6-11(17-8(2)14)13(19-10(4)16)12(7)18-9(3)15/h6H,1-5H3;5-6H,1-4H3. The summed E-state index contributed by atoms with van der Waals surface area (Å²) in [6.07, 6.45) is 0. The molecule has 0 saturated carbocycles. The molecule has 0 aliphatic heterocycles. The van der Waals surface area contributed by atoms with E-state index in [9.17, 15) is 33.6 Å². The van der Waals surface area contributed by atoms with Crippen molar-refractivity contribution in [3.8, 4) is 40.2 Å². The second kappa shape index (κ2) is 15.5. The Kier molecular flexibility index (Phi) is 12.8. The van der Waals surface area contributed by atoms with E-state index in [0.29, 0.717) is 5.56 Å². The third-order valence-corrected chi connectivity index (χ3v) is 4.42. The van der Waals surface area contributed by atoms with E-state index in [1.54, 1.807) is 13.0 Å². The molecule has 0 aromatic heterocycles. The molecule has 0 aliphatic rings. The van der Waals surface area contributed by atoms with Gasteiger partial charge in [-0.15, -0.1) is 0 Å². The molecule has 0 saturated heterocycles. The van der Waals surface area contributed by atoms with Crippen LogP contribution in [0, 0.1) is 13.8 Å². The van der Waals surface area contributed by atoms with Crippen LogP contribution in [0.25, 0.3) is 0 Å². The lowest BCUT2D eigenvalue weighted by Crippen LogP contribution is -2.13. The fraction of sp³-hybridized carbons (Fsp3) is 0.321. The smallest absolute Gasteiger partial charge is 0.308 e. The zero-order valence-corrected chi connectivity index (χ0v) is 24.4. The molecule has 0 heterocycles. The topological polar surface area (TPSA) is 184 Å². The van der Waals surface area contributed by atoms with Crippen LogP contribution in [0.3, 0.4) is 0 Å². The van der Waals surface area contributed by atoms with Gasteiger partial charge in [0.15, 0.2) is 23.0 Å². The Labute approximate surface area is 240 Å². The van der Waals surface area contributed by atoms with E-state index in [2.05, 4.69) is 0 Å². The van der Waals surface area contributed by atoms with Crippen LogP contribution < -0.4 is 33.2 Å². The fourth-order valence-corrected chi connectivity index (χ4v) is 3.07. The lowest BCUT2D eigenvalue weighted by atomic mass is 10.1. The van der Waals surface area contributed by atoms with Crippen molar-refractivity contribution in [2.75, 3.05) is 0 Å². The van der Waals surface area contributed by atoms with Crippen LogP contribution >= 0.6 is 0 Å². The van der Waals surface area contributed by atoms with Crippen LogP contribution in [0.15, 0.2) is 18.2 Å². The van der Waals surface area contributed by atoms with Crippen LogP contribution in [0.5, 0.6) is 40.2 Å². The highest BCUT2D eigenvalue weighted by atomic mass is 16.6. The molecule has 0 radical (unpaired) electrons. The summed E-state index contributed by atoms with van der Waals surface area (Å²) in [4.78, 5) is 78.1. The summed E-state index contributed by atoms with van der Waals surface area (Å²) < 4.78 is 34.8. The molecule has 14 nitrogen and oxygen atoms in total. The van der Waals surface area contributed by atoms with Gasteiger partial charge >= 0.3 is 41.8 Å². The quantitative estimate of drug-likeness (QED) is 0.337. The molecule has 226 valence electrons. The SMILES string of the molecule is CC(=O)Oc1cc(OC(C)=O)c(OC(C)=O)c(OC(C)=O)c1C.CC(=O)Oc1ccc(C)c(OC(C)=O)c1OC(C)=O. The first-order chi connectivity index (χ1) is 19.4. The predicted molar refractivity (Wildman–Crippen MR) is 142 cm³/mol. The number of hydrogen-bond donors (Lipinski definition) is 0. The van der Waals surface area contributed by atoms with E-state index in [4.69, 9.17) is 33.2 Å². The van der Waals surface area contributed by atoms with Gasteiger partial charge in [0.2, 0.25) is 11.5 Å². The van der Waals surface area contributed by atoms with Crippen molar-refractivity contribution in [1.29, 1.82) is 0 Å². The number of ether oxygens (including phenoxy) is 7. The summed E-state index contributed by atoms with van der Waals surface area (Å²) in [5, 5.41) is 0. The summed E-state index contributed by atoms with van der Waals surface area (Å²) >= 11 is 0. The lowest BCUT2D eigenvalue weighted by Gasteiger charge is -2.17. The van der Waals surface area contributed by atoms with Crippen LogP contribution in [-0.2, 0) is 33.6 Å². The molecule has 0 spiro atoms. The summed E-state index contributed by atoms with van der Waals surface area (Å²) in [6, 6.07) is 4.24. The number of carbonyl (C=O) groups is 7. The number of carbonyl (C=O) groups excluding carboxylic acids is 7. The maximum absolute atomic E-state index is 11.3. The van der Waals surface area contributed by atoms with Gasteiger partial charge in [0.25, 0.3) is 0 Å². The van der Waals surface area contributed by atoms with Gasteiger partial charge < -0.3 is 33.2 Å². The van der Waals surface area contributed by atoms with Crippen molar-refractivity contribution in [2.24, 2.45) is 0 Å². The second-order valence-electron chi connectivity index (χ2n) is 8.35. The van der Waals surface area contributed by atoms with Crippen molar-refractivity contribution >= 4 is 41.8 Å². The number of benzene rings is 2. The first-order valence-corrected chi connectivity index (χ1v) is 12.0. The maximum atomic E-state index is 11.3. The normalized spacial score (nSPS) is 9.74. The van der Waals surface area contributed by atoms with E-state index in [1.807, 2.05) is 0 Å². The van der Waals surface area contributed by atoms with Crippen molar-refractivity contribution in [2.45, 2.75) is 62.3 Å².